The molecule has 68 heavy (non-hydrogen) atoms. The maximum absolute atomic E-state index is 4.36. The third-order valence-corrected chi connectivity index (χ3v) is 11.2. The highest BCUT2D eigenvalue weighted by Gasteiger charge is 2.18. The van der Waals surface area contributed by atoms with E-state index in [2.05, 4.69) is 228 Å². The number of para-hydroxylation sites is 3. The van der Waals surface area contributed by atoms with Gasteiger partial charge in [-0.05, 0) is 127 Å². The van der Waals surface area contributed by atoms with Crippen LogP contribution in [0, 0.1) is 0 Å². The normalized spacial score (nSPS) is 11.1. The number of hydrogen-bond donors (Lipinski definition) is 0. The van der Waals surface area contributed by atoms with Crippen LogP contribution in [-0.2, 0) is 0 Å². The van der Waals surface area contributed by atoms with Gasteiger partial charge in [-0.1, -0.05) is 170 Å². The molecule has 0 saturated heterocycles. The number of benzene rings is 7. The molecule has 0 aliphatic heterocycles. The zero-order valence-corrected chi connectivity index (χ0v) is 40.5. The SMILES string of the molecule is C=Cc1c(/C=C\C)n(-c2ccccc2)c2cc3c(ccc4c3ccn4-c3ccc(N(c4ccccc4)c4ccccc4)cc3)cc12.C=NC(=NC(=C)C(=C)/C=C\CC)c1ccccc1.CC.CC. The molecule has 5 nitrogen and oxygen atoms in total. The Kier molecular flexibility index (Phi) is 17.6. The fraction of sp³-hybridized carbons (Fsp3) is 0.111. The molecule has 2 heterocycles. The Morgan fingerprint density at radius 2 is 1.19 bits per heavy atom. The van der Waals surface area contributed by atoms with Crippen LogP contribution in [0.2, 0.25) is 0 Å². The first kappa shape index (κ1) is 49.2. The summed E-state index contributed by atoms with van der Waals surface area (Å²) in [6.07, 6.45) is 13.3. The number of allylic oxidation sites excluding steroid dienone is 3. The average Bonchev–Trinajstić information content (AvgIpc) is 3.98. The van der Waals surface area contributed by atoms with Crippen molar-refractivity contribution in [1.29, 1.82) is 0 Å². The maximum atomic E-state index is 4.36. The van der Waals surface area contributed by atoms with E-state index in [-0.39, 0.29) is 0 Å². The molecule has 0 spiro atoms. The quantitative estimate of drug-likeness (QED) is 0.0684. The van der Waals surface area contributed by atoms with Crippen LogP contribution < -0.4 is 4.90 Å². The van der Waals surface area contributed by atoms with E-state index < -0.39 is 0 Å². The molecule has 340 valence electrons. The van der Waals surface area contributed by atoms with E-state index in [9.17, 15) is 0 Å². The molecular formula is C63H63N5. The molecule has 0 radical (unpaired) electrons. The van der Waals surface area contributed by atoms with Crippen molar-refractivity contribution >= 4 is 74.3 Å². The van der Waals surface area contributed by atoms with Crippen LogP contribution in [0.4, 0.5) is 17.1 Å². The number of rotatable bonds is 12. The van der Waals surface area contributed by atoms with E-state index in [0.717, 1.165) is 57.3 Å². The van der Waals surface area contributed by atoms with Crippen molar-refractivity contribution in [3.05, 3.63) is 248 Å². The van der Waals surface area contributed by atoms with E-state index >= 15 is 0 Å². The molecule has 0 amide bonds. The van der Waals surface area contributed by atoms with Crippen molar-refractivity contribution in [1.82, 2.24) is 9.13 Å². The van der Waals surface area contributed by atoms with Crippen molar-refractivity contribution in [3.8, 4) is 11.4 Å². The number of anilines is 3. The summed E-state index contributed by atoms with van der Waals surface area (Å²) < 4.78 is 4.64. The molecule has 0 aliphatic carbocycles. The van der Waals surface area contributed by atoms with Gasteiger partial charge in [-0.15, -0.1) is 0 Å². The Bertz CT molecular complexity index is 3140. The van der Waals surface area contributed by atoms with Crippen molar-refractivity contribution in [3.63, 3.8) is 0 Å². The van der Waals surface area contributed by atoms with Crippen LogP contribution in [0.15, 0.2) is 241 Å². The predicted octanol–water partition coefficient (Wildman–Crippen LogP) is 18.1. The van der Waals surface area contributed by atoms with Gasteiger partial charge in [-0.3, -0.25) is 0 Å². The third kappa shape index (κ3) is 10.9. The van der Waals surface area contributed by atoms with Crippen LogP contribution in [0.1, 0.15) is 64.8 Å². The minimum absolute atomic E-state index is 0.562. The Morgan fingerprint density at radius 1 is 0.618 bits per heavy atom. The van der Waals surface area contributed by atoms with Gasteiger partial charge in [0.1, 0.15) is 0 Å². The van der Waals surface area contributed by atoms with Gasteiger partial charge in [0.05, 0.1) is 22.4 Å². The molecule has 0 saturated carbocycles. The molecule has 9 aromatic rings. The van der Waals surface area contributed by atoms with Crippen LogP contribution in [0.3, 0.4) is 0 Å². The highest BCUT2D eigenvalue weighted by Crippen LogP contribution is 2.39. The van der Waals surface area contributed by atoms with Gasteiger partial charge in [0.25, 0.3) is 0 Å². The topological polar surface area (TPSA) is 37.8 Å². The van der Waals surface area contributed by atoms with E-state index in [4.69, 9.17) is 0 Å². The molecule has 7 aromatic carbocycles. The predicted molar refractivity (Wildman–Crippen MR) is 300 cm³/mol. The first-order chi connectivity index (χ1) is 33.4. The van der Waals surface area contributed by atoms with Crippen LogP contribution in [0.25, 0.3) is 56.1 Å². The standard InChI is InChI=1S/C43H33N3.C16H18N2.2C2H6/c1-3-14-42-37(4-2)40-29-31-21-26-41-38(39(31)30-43(40)46(42)35-19-12-7-13-20-35)27-28-44(41)32-22-24-36(25-23-32)45(33-15-8-5-9-16-33)34-17-10-6-11-18-34;1-5-6-10-13(2)14(3)18-16(17-4)15-11-8-7-9-12-15;2*1-2/h3-30H,2H2,1H3;6-12H,2-5H2,1H3;2*1-2H3/b14-3-;10-6-,18-16?;;. The second-order valence-electron chi connectivity index (χ2n) is 15.2. The fourth-order valence-electron chi connectivity index (χ4n) is 8.09. The second kappa shape index (κ2) is 24.3. The molecule has 0 atom stereocenters. The maximum Gasteiger partial charge on any atom is 0.159 e. The molecule has 0 bridgehead atoms. The number of aromatic nitrogens is 2. The highest BCUT2D eigenvalue weighted by molar-refractivity contribution is 6.13. The molecule has 2 aromatic heterocycles. The van der Waals surface area contributed by atoms with Crippen LogP contribution in [-0.4, -0.2) is 21.7 Å². The Labute approximate surface area is 404 Å². The van der Waals surface area contributed by atoms with Crippen molar-refractivity contribution in [2.75, 3.05) is 4.90 Å². The van der Waals surface area contributed by atoms with Gasteiger partial charge in [0, 0.05) is 56.5 Å². The number of nitrogens with zero attached hydrogens (tertiary/aromatic N) is 5. The molecule has 9 rings (SSSR count). The first-order valence-electron chi connectivity index (χ1n) is 23.5. The summed E-state index contributed by atoms with van der Waals surface area (Å²) in [7, 11) is 0. The zero-order chi connectivity index (χ0) is 48.4. The minimum Gasteiger partial charge on any atom is -0.317 e. The lowest BCUT2D eigenvalue weighted by molar-refractivity contribution is 1.11. The molecular weight excluding hydrogens is 827 g/mol. The van der Waals surface area contributed by atoms with Gasteiger partial charge in [0.2, 0.25) is 0 Å². The van der Waals surface area contributed by atoms with Gasteiger partial charge >= 0.3 is 0 Å². The van der Waals surface area contributed by atoms with Crippen molar-refractivity contribution in [2.24, 2.45) is 9.98 Å². The summed E-state index contributed by atoms with van der Waals surface area (Å²) >= 11 is 0. The van der Waals surface area contributed by atoms with Crippen molar-refractivity contribution < 1.29 is 0 Å². The molecule has 0 N–H and O–H groups in total. The Morgan fingerprint density at radius 3 is 1.75 bits per heavy atom. The summed E-state index contributed by atoms with van der Waals surface area (Å²) in [6, 6.07) is 61.6. The smallest absolute Gasteiger partial charge is 0.159 e. The second-order valence-corrected chi connectivity index (χ2v) is 15.2. The average molecular weight is 890 g/mol. The molecule has 0 aliphatic rings. The lowest BCUT2D eigenvalue weighted by Gasteiger charge is -2.25. The summed E-state index contributed by atoms with van der Waals surface area (Å²) in [5.74, 6) is 0.562. The number of fused-ring (bicyclic) bond motifs is 4. The van der Waals surface area contributed by atoms with E-state index in [1.54, 1.807) is 0 Å². The lowest BCUT2D eigenvalue weighted by atomic mass is 10.0. The lowest BCUT2D eigenvalue weighted by Crippen LogP contribution is -2.09. The number of amidine groups is 1. The summed E-state index contributed by atoms with van der Waals surface area (Å²) in [5.41, 5.74) is 12.6. The van der Waals surface area contributed by atoms with Gasteiger partial charge in [0.15, 0.2) is 5.84 Å². The third-order valence-electron chi connectivity index (χ3n) is 11.2. The first-order valence-corrected chi connectivity index (χ1v) is 23.5. The summed E-state index contributed by atoms with van der Waals surface area (Å²) in [5, 5.41) is 4.88. The number of hydrogen-bond acceptors (Lipinski definition) is 2. The molecule has 0 fully saturated rings. The molecule has 0 unspecified atom stereocenters. The van der Waals surface area contributed by atoms with Crippen LogP contribution in [0.5, 0.6) is 0 Å². The Balaban J connectivity index is 0.000000292. The monoisotopic (exact) mass is 890 g/mol. The summed E-state index contributed by atoms with van der Waals surface area (Å²) in [4.78, 5) is 10.6. The van der Waals surface area contributed by atoms with E-state index in [0.29, 0.717) is 11.5 Å². The molecule has 5 heteroatoms. The summed E-state index contributed by atoms with van der Waals surface area (Å²) in [6.45, 7) is 27.7. The van der Waals surface area contributed by atoms with Gasteiger partial charge < -0.3 is 14.0 Å². The highest BCUT2D eigenvalue weighted by atomic mass is 15.1. The van der Waals surface area contributed by atoms with E-state index in [1.165, 1.54) is 32.6 Å². The van der Waals surface area contributed by atoms with E-state index in [1.807, 2.05) is 76.3 Å². The zero-order valence-electron chi connectivity index (χ0n) is 40.5. The fourth-order valence-corrected chi connectivity index (χ4v) is 8.09. The number of aliphatic imine (C=N–C) groups is 2. The van der Waals surface area contributed by atoms with Crippen molar-refractivity contribution in [2.45, 2.75) is 48.0 Å². The van der Waals surface area contributed by atoms with Gasteiger partial charge in [-0.25, -0.2) is 9.98 Å². The minimum atomic E-state index is 0.562. The largest absolute Gasteiger partial charge is 0.317 e. The van der Waals surface area contributed by atoms with Gasteiger partial charge in [-0.2, -0.15) is 0 Å². The Hall–Kier alpha value is -8.28. The van der Waals surface area contributed by atoms with Crippen LogP contribution >= 0.6 is 0 Å².